The molecule has 0 aromatic rings. The first-order valence-electron chi connectivity index (χ1n) is 5.06. The highest BCUT2D eigenvalue weighted by Gasteiger charge is 2.12. The van der Waals surface area contributed by atoms with Crippen molar-refractivity contribution in [3.05, 3.63) is 11.9 Å². The average molecular weight is 197 g/mol. The van der Waals surface area contributed by atoms with Crippen molar-refractivity contribution in [3.8, 4) is 0 Å². The Balaban J connectivity index is 2.23. The van der Waals surface area contributed by atoms with E-state index in [-0.39, 0.29) is 0 Å². The van der Waals surface area contributed by atoms with Crippen LogP contribution < -0.4 is 11.1 Å². The highest BCUT2D eigenvalue weighted by atomic mass is 16.5. The molecule has 0 radical (unpaired) electrons. The second-order valence-corrected chi connectivity index (χ2v) is 3.38. The van der Waals surface area contributed by atoms with Crippen molar-refractivity contribution in [3.63, 3.8) is 0 Å². The molecule has 0 aromatic carbocycles. The van der Waals surface area contributed by atoms with Crippen LogP contribution in [0.5, 0.6) is 0 Å². The molecule has 0 amide bonds. The maximum atomic E-state index is 5.58. The first-order valence-corrected chi connectivity index (χ1v) is 5.06. The second-order valence-electron chi connectivity index (χ2n) is 3.38. The van der Waals surface area contributed by atoms with Gasteiger partial charge in [-0.15, -0.1) is 0 Å². The molecule has 1 heterocycles. The van der Waals surface area contributed by atoms with E-state index in [9.17, 15) is 0 Å². The molecule has 1 aliphatic rings. The van der Waals surface area contributed by atoms with E-state index in [0.717, 1.165) is 25.3 Å². The lowest BCUT2D eigenvalue weighted by atomic mass is 10.1. The van der Waals surface area contributed by atoms with Gasteiger partial charge in [-0.25, -0.2) is 0 Å². The zero-order valence-corrected chi connectivity index (χ0v) is 8.70. The van der Waals surface area contributed by atoms with Crippen LogP contribution in [0, 0.1) is 0 Å². The molecule has 0 aromatic heterocycles. The lowest BCUT2D eigenvalue weighted by Gasteiger charge is -2.23. The lowest BCUT2D eigenvalue weighted by Crippen LogP contribution is -2.32. The Kier molecular flexibility index (Phi) is 5.07. The molecular weight excluding hydrogens is 178 g/mol. The monoisotopic (exact) mass is 197 g/mol. The van der Waals surface area contributed by atoms with Gasteiger partial charge in [-0.2, -0.15) is 0 Å². The number of hydrogen-bond acceptors (Lipinski definition) is 4. The lowest BCUT2D eigenvalue weighted by molar-refractivity contribution is 0.0186. The van der Waals surface area contributed by atoms with Crippen molar-refractivity contribution in [1.29, 1.82) is 0 Å². The van der Waals surface area contributed by atoms with Gasteiger partial charge in [0.1, 0.15) is 0 Å². The first-order chi connectivity index (χ1) is 6.86. The third kappa shape index (κ3) is 3.79. The molecule has 4 heteroatoms. The number of nitrogens with two attached hydrogens (primary N) is 1. The molecule has 1 saturated heterocycles. The normalized spacial score (nSPS) is 24.1. The molecule has 0 spiro atoms. The fourth-order valence-electron chi connectivity index (χ4n) is 1.49. The summed E-state index contributed by atoms with van der Waals surface area (Å²) in [5.74, 6) is 0. The van der Waals surface area contributed by atoms with Crippen molar-refractivity contribution in [2.24, 2.45) is 10.7 Å². The van der Waals surface area contributed by atoms with E-state index in [1.54, 1.807) is 13.3 Å². The summed E-state index contributed by atoms with van der Waals surface area (Å²) in [6.07, 6.45) is 7.14. The zero-order valence-electron chi connectivity index (χ0n) is 8.70. The number of ether oxygens (including phenoxy) is 1. The van der Waals surface area contributed by atoms with Crippen LogP contribution in [0.3, 0.4) is 0 Å². The summed E-state index contributed by atoms with van der Waals surface area (Å²) in [6.45, 7) is 1.70. The van der Waals surface area contributed by atoms with Crippen molar-refractivity contribution >= 4 is 6.21 Å². The van der Waals surface area contributed by atoms with Gasteiger partial charge in [0.15, 0.2) is 0 Å². The number of hydrogen-bond donors (Lipinski definition) is 2. The molecular formula is C10H19N3O. The van der Waals surface area contributed by atoms with Crippen LogP contribution in [0.2, 0.25) is 0 Å². The van der Waals surface area contributed by atoms with Gasteiger partial charge in [-0.3, -0.25) is 4.99 Å². The molecule has 4 nitrogen and oxygen atoms in total. The third-order valence-corrected chi connectivity index (χ3v) is 2.26. The van der Waals surface area contributed by atoms with Crippen LogP contribution in [0.1, 0.15) is 19.3 Å². The van der Waals surface area contributed by atoms with E-state index < -0.39 is 0 Å². The number of aliphatic imine (C=N–C) groups is 1. The van der Waals surface area contributed by atoms with Gasteiger partial charge in [-0.05, 0) is 19.3 Å². The van der Waals surface area contributed by atoms with Gasteiger partial charge < -0.3 is 15.8 Å². The van der Waals surface area contributed by atoms with Gasteiger partial charge >= 0.3 is 0 Å². The van der Waals surface area contributed by atoms with Crippen LogP contribution in [-0.4, -0.2) is 32.5 Å². The summed E-state index contributed by atoms with van der Waals surface area (Å²) >= 11 is 0. The summed E-state index contributed by atoms with van der Waals surface area (Å²) in [5.41, 5.74) is 6.27. The Bertz CT molecular complexity index is 207. The topological polar surface area (TPSA) is 59.6 Å². The van der Waals surface area contributed by atoms with Crippen molar-refractivity contribution in [1.82, 2.24) is 5.32 Å². The van der Waals surface area contributed by atoms with E-state index in [0.29, 0.717) is 6.10 Å². The van der Waals surface area contributed by atoms with Gasteiger partial charge in [0.05, 0.1) is 11.8 Å². The van der Waals surface area contributed by atoms with E-state index in [2.05, 4.69) is 10.3 Å². The number of rotatable bonds is 4. The summed E-state index contributed by atoms with van der Waals surface area (Å²) in [6, 6.07) is 0. The molecule has 1 aliphatic heterocycles. The van der Waals surface area contributed by atoms with Crippen LogP contribution in [0.15, 0.2) is 16.9 Å². The largest absolute Gasteiger partial charge is 0.403 e. The summed E-state index contributed by atoms with van der Waals surface area (Å²) in [4.78, 5) is 3.89. The highest BCUT2D eigenvalue weighted by Crippen LogP contribution is 2.11. The van der Waals surface area contributed by atoms with E-state index >= 15 is 0 Å². The summed E-state index contributed by atoms with van der Waals surface area (Å²) in [7, 11) is 1.72. The predicted molar refractivity (Wildman–Crippen MR) is 58.3 cm³/mol. The average Bonchev–Trinajstić information content (AvgIpc) is 2.25. The first kappa shape index (κ1) is 11.0. The molecule has 0 saturated carbocycles. The molecule has 80 valence electrons. The van der Waals surface area contributed by atoms with Crippen LogP contribution >= 0.6 is 0 Å². The minimum Gasteiger partial charge on any atom is -0.403 e. The van der Waals surface area contributed by atoms with Crippen LogP contribution in [0.25, 0.3) is 0 Å². The Morgan fingerprint density at radius 2 is 2.50 bits per heavy atom. The maximum absolute atomic E-state index is 5.58. The van der Waals surface area contributed by atoms with Crippen LogP contribution in [-0.2, 0) is 4.74 Å². The maximum Gasteiger partial charge on any atom is 0.0747 e. The fourth-order valence-corrected chi connectivity index (χ4v) is 1.49. The molecule has 3 N–H and O–H groups in total. The minimum absolute atomic E-state index is 0.323. The Labute approximate surface area is 85.2 Å². The second kappa shape index (κ2) is 6.43. The fraction of sp³-hybridized carbons (Fsp3) is 0.700. The molecule has 0 aliphatic carbocycles. The molecule has 1 rings (SSSR count). The molecule has 1 fully saturated rings. The summed E-state index contributed by atoms with van der Waals surface area (Å²) in [5, 5.41) is 3.20. The van der Waals surface area contributed by atoms with Crippen molar-refractivity contribution < 1.29 is 4.74 Å². The van der Waals surface area contributed by atoms with Crippen molar-refractivity contribution in [2.45, 2.75) is 25.4 Å². The summed E-state index contributed by atoms with van der Waals surface area (Å²) < 4.78 is 5.58. The standard InChI is InChI=1S/C10H19N3O/c1-12-7-9(6-11)13-8-10-4-2-3-5-14-10/h6-7,10,13H,2-5,8,11H2,1H3/t10-/m0/s1. The number of allylic oxidation sites excluding steroid dienone is 1. The zero-order chi connectivity index (χ0) is 10.2. The SMILES string of the molecule is CN=CC(=CN)NC[C@@H]1CCCCO1. The van der Waals surface area contributed by atoms with Crippen LogP contribution in [0.4, 0.5) is 0 Å². The molecule has 0 unspecified atom stereocenters. The van der Waals surface area contributed by atoms with E-state index in [1.165, 1.54) is 19.0 Å². The minimum atomic E-state index is 0.323. The predicted octanol–water partition coefficient (Wildman–Crippen LogP) is 0.646. The molecule has 1 atom stereocenters. The Morgan fingerprint density at radius 1 is 1.64 bits per heavy atom. The highest BCUT2D eigenvalue weighted by molar-refractivity contribution is 5.77. The molecule has 14 heavy (non-hydrogen) atoms. The van der Waals surface area contributed by atoms with Gasteiger partial charge in [0, 0.05) is 32.6 Å². The molecule has 0 bridgehead atoms. The Morgan fingerprint density at radius 3 is 3.07 bits per heavy atom. The number of nitrogens with zero attached hydrogens (tertiary/aromatic N) is 1. The Hall–Kier alpha value is -1.03. The van der Waals surface area contributed by atoms with Crippen molar-refractivity contribution in [2.75, 3.05) is 20.2 Å². The smallest absolute Gasteiger partial charge is 0.0747 e. The van der Waals surface area contributed by atoms with E-state index in [1.807, 2.05) is 0 Å². The van der Waals surface area contributed by atoms with Gasteiger partial charge in [0.2, 0.25) is 0 Å². The van der Waals surface area contributed by atoms with E-state index in [4.69, 9.17) is 10.5 Å². The third-order valence-electron chi connectivity index (χ3n) is 2.26. The number of nitrogens with one attached hydrogen (secondary N) is 1. The quantitative estimate of drug-likeness (QED) is 0.650. The van der Waals surface area contributed by atoms with Gasteiger partial charge in [-0.1, -0.05) is 0 Å². The van der Waals surface area contributed by atoms with Gasteiger partial charge in [0.25, 0.3) is 0 Å².